The van der Waals surface area contributed by atoms with Crippen LogP contribution in [-0.4, -0.2) is 17.1 Å². The van der Waals surface area contributed by atoms with Gasteiger partial charge in [-0.15, -0.1) is 0 Å². The number of aryl methyl sites for hydroxylation is 2. The Labute approximate surface area is 119 Å². The second kappa shape index (κ2) is 5.01. The van der Waals surface area contributed by atoms with Crippen molar-refractivity contribution < 1.29 is 4.74 Å². The summed E-state index contributed by atoms with van der Waals surface area (Å²) in [5.41, 5.74) is 3.50. The van der Waals surface area contributed by atoms with Gasteiger partial charge in [0.2, 0.25) is 0 Å². The van der Waals surface area contributed by atoms with Gasteiger partial charge in [0.1, 0.15) is 17.0 Å². The van der Waals surface area contributed by atoms with E-state index >= 15 is 0 Å². The summed E-state index contributed by atoms with van der Waals surface area (Å²) in [5, 5.41) is 9.18. The van der Waals surface area contributed by atoms with Crippen molar-refractivity contribution in [3.8, 4) is 23.1 Å². The Morgan fingerprint density at radius 3 is 2.60 bits per heavy atom. The number of nitriles is 1. The molecule has 1 aromatic carbocycles. The Hall–Kier alpha value is -2.28. The lowest BCUT2D eigenvalue weighted by atomic mass is 9.95. The summed E-state index contributed by atoms with van der Waals surface area (Å²) < 4.78 is 5.47. The average molecular weight is 269 g/mol. The van der Waals surface area contributed by atoms with E-state index in [1.807, 2.05) is 33.8 Å². The summed E-state index contributed by atoms with van der Waals surface area (Å²) in [6, 6.07) is 6.35. The van der Waals surface area contributed by atoms with Crippen molar-refractivity contribution in [1.82, 2.24) is 9.97 Å². The Kier molecular flexibility index (Phi) is 3.54. The number of nitrogens with zero attached hydrogens (tertiary/aromatic N) is 2. The van der Waals surface area contributed by atoms with E-state index in [2.05, 4.69) is 22.1 Å². The van der Waals surface area contributed by atoms with Crippen LogP contribution in [-0.2, 0) is 5.41 Å². The highest BCUT2D eigenvalue weighted by Gasteiger charge is 2.24. The Balaban J connectivity index is 2.57. The van der Waals surface area contributed by atoms with E-state index < -0.39 is 5.41 Å². The summed E-state index contributed by atoms with van der Waals surface area (Å²) in [7, 11) is 1.66. The van der Waals surface area contributed by atoms with E-state index in [0.717, 1.165) is 28.1 Å². The molecule has 0 aliphatic carbocycles. The van der Waals surface area contributed by atoms with Gasteiger partial charge in [-0.3, -0.25) is 0 Å². The second-order valence-corrected chi connectivity index (χ2v) is 5.54. The number of methoxy groups -OCH3 is 1. The maximum atomic E-state index is 9.18. The zero-order valence-electron chi connectivity index (χ0n) is 12.5. The molecule has 2 rings (SSSR count). The molecular formula is C16H19N3O. The summed E-state index contributed by atoms with van der Waals surface area (Å²) in [6.07, 6.45) is 1.76. The maximum Gasteiger partial charge on any atom is 0.128 e. The largest absolute Gasteiger partial charge is 0.496 e. The van der Waals surface area contributed by atoms with E-state index in [0.29, 0.717) is 5.82 Å². The first-order chi connectivity index (χ1) is 9.39. The molecule has 1 heterocycles. The third-order valence-corrected chi connectivity index (χ3v) is 3.38. The number of hydrogen-bond acceptors (Lipinski definition) is 3. The number of ether oxygens (including phenoxy) is 1. The predicted octanol–water partition coefficient (Wildman–Crippen LogP) is 3.50. The van der Waals surface area contributed by atoms with Crippen molar-refractivity contribution in [2.75, 3.05) is 7.11 Å². The Bertz CT molecular complexity index is 678. The molecule has 0 aliphatic heterocycles. The van der Waals surface area contributed by atoms with Gasteiger partial charge in [-0.05, 0) is 44.9 Å². The highest BCUT2D eigenvalue weighted by atomic mass is 16.5. The van der Waals surface area contributed by atoms with Crippen molar-refractivity contribution in [2.45, 2.75) is 33.1 Å². The number of aromatic amines is 1. The van der Waals surface area contributed by atoms with Crippen molar-refractivity contribution >= 4 is 0 Å². The van der Waals surface area contributed by atoms with Gasteiger partial charge in [0, 0.05) is 5.56 Å². The van der Waals surface area contributed by atoms with Crippen LogP contribution in [0.15, 0.2) is 18.3 Å². The molecule has 0 unspecified atom stereocenters. The number of nitrogens with one attached hydrogen (secondary N) is 1. The third-order valence-electron chi connectivity index (χ3n) is 3.38. The van der Waals surface area contributed by atoms with Gasteiger partial charge in [-0.2, -0.15) is 5.26 Å². The minimum atomic E-state index is -0.635. The fourth-order valence-electron chi connectivity index (χ4n) is 2.25. The quantitative estimate of drug-likeness (QED) is 0.927. The number of H-pyrrole nitrogens is 1. The molecule has 0 radical (unpaired) electrons. The topological polar surface area (TPSA) is 61.7 Å². The van der Waals surface area contributed by atoms with Crippen LogP contribution < -0.4 is 4.74 Å². The smallest absolute Gasteiger partial charge is 0.128 e. The van der Waals surface area contributed by atoms with E-state index in [1.54, 1.807) is 13.3 Å². The molecule has 1 aromatic heterocycles. The van der Waals surface area contributed by atoms with Crippen LogP contribution >= 0.6 is 0 Å². The molecule has 0 saturated heterocycles. The van der Waals surface area contributed by atoms with Gasteiger partial charge in [0.15, 0.2) is 0 Å². The first kappa shape index (κ1) is 14.1. The zero-order valence-corrected chi connectivity index (χ0v) is 12.5. The molecule has 20 heavy (non-hydrogen) atoms. The number of hydrogen-bond donors (Lipinski definition) is 1. The number of rotatable bonds is 3. The SMILES string of the molecule is COc1cc(C)cc(C)c1-c1cnc(C(C)(C)C#N)[nH]1. The molecule has 0 aliphatic rings. The van der Waals surface area contributed by atoms with Gasteiger partial charge in [0.25, 0.3) is 0 Å². The molecule has 0 atom stereocenters. The second-order valence-electron chi connectivity index (χ2n) is 5.54. The van der Waals surface area contributed by atoms with Gasteiger partial charge in [-0.1, -0.05) is 6.07 Å². The normalized spacial score (nSPS) is 11.2. The van der Waals surface area contributed by atoms with Crippen molar-refractivity contribution in [1.29, 1.82) is 5.26 Å². The molecule has 4 nitrogen and oxygen atoms in total. The number of imidazole rings is 1. The highest BCUT2D eigenvalue weighted by Crippen LogP contribution is 2.34. The molecule has 0 spiro atoms. The van der Waals surface area contributed by atoms with E-state index in [4.69, 9.17) is 4.74 Å². The van der Waals surface area contributed by atoms with Gasteiger partial charge >= 0.3 is 0 Å². The number of benzene rings is 1. The van der Waals surface area contributed by atoms with Gasteiger partial charge < -0.3 is 9.72 Å². The van der Waals surface area contributed by atoms with E-state index in [-0.39, 0.29) is 0 Å². The van der Waals surface area contributed by atoms with Gasteiger partial charge in [-0.25, -0.2) is 4.98 Å². The molecule has 1 N–H and O–H groups in total. The van der Waals surface area contributed by atoms with E-state index in [1.165, 1.54) is 0 Å². The highest BCUT2D eigenvalue weighted by molar-refractivity contribution is 5.71. The van der Waals surface area contributed by atoms with Crippen molar-refractivity contribution in [3.05, 3.63) is 35.3 Å². The first-order valence-corrected chi connectivity index (χ1v) is 6.51. The van der Waals surface area contributed by atoms with Crippen LogP contribution in [0.3, 0.4) is 0 Å². The molecule has 0 bridgehead atoms. The minimum absolute atomic E-state index is 0.635. The van der Waals surface area contributed by atoms with Crippen LogP contribution in [0.2, 0.25) is 0 Å². The summed E-state index contributed by atoms with van der Waals surface area (Å²) in [5.74, 6) is 1.48. The third kappa shape index (κ3) is 2.39. The minimum Gasteiger partial charge on any atom is -0.496 e. The molecule has 0 saturated carbocycles. The van der Waals surface area contributed by atoms with Crippen molar-refractivity contribution in [3.63, 3.8) is 0 Å². The standard InChI is InChI=1S/C16H19N3O/c1-10-6-11(2)14(13(7-10)20-5)12-8-18-15(19-12)16(3,4)9-17/h6-8H,1-5H3,(H,18,19). The summed E-state index contributed by atoms with van der Waals surface area (Å²) >= 11 is 0. The molecule has 4 heteroatoms. The van der Waals surface area contributed by atoms with E-state index in [9.17, 15) is 5.26 Å². The molecule has 0 fully saturated rings. The lowest BCUT2D eigenvalue weighted by molar-refractivity contribution is 0.415. The molecule has 2 aromatic rings. The number of aromatic nitrogens is 2. The Morgan fingerprint density at radius 2 is 2.00 bits per heavy atom. The van der Waals surface area contributed by atoms with Gasteiger partial charge in [0.05, 0.1) is 25.1 Å². The maximum absolute atomic E-state index is 9.18. The van der Waals surface area contributed by atoms with Crippen LogP contribution in [0.25, 0.3) is 11.3 Å². The molecule has 104 valence electrons. The molecular weight excluding hydrogens is 250 g/mol. The fourth-order valence-corrected chi connectivity index (χ4v) is 2.25. The zero-order chi connectivity index (χ0) is 14.9. The fraction of sp³-hybridized carbons (Fsp3) is 0.375. The first-order valence-electron chi connectivity index (χ1n) is 6.51. The van der Waals surface area contributed by atoms with Crippen molar-refractivity contribution in [2.24, 2.45) is 0 Å². The summed E-state index contributed by atoms with van der Waals surface area (Å²) in [4.78, 5) is 7.58. The predicted molar refractivity (Wildman–Crippen MR) is 78.7 cm³/mol. The lowest BCUT2D eigenvalue weighted by Gasteiger charge is -2.13. The van der Waals surface area contributed by atoms with Crippen LogP contribution in [0.1, 0.15) is 30.8 Å². The summed E-state index contributed by atoms with van der Waals surface area (Å²) in [6.45, 7) is 7.76. The van der Waals surface area contributed by atoms with Crippen LogP contribution in [0.5, 0.6) is 5.75 Å². The van der Waals surface area contributed by atoms with Crippen LogP contribution in [0.4, 0.5) is 0 Å². The lowest BCUT2D eigenvalue weighted by Crippen LogP contribution is -2.15. The Morgan fingerprint density at radius 1 is 1.30 bits per heavy atom. The van der Waals surface area contributed by atoms with Crippen LogP contribution in [0, 0.1) is 25.2 Å². The molecule has 0 amide bonds. The monoisotopic (exact) mass is 269 g/mol. The average Bonchev–Trinajstić information content (AvgIpc) is 2.87.